The third-order valence-corrected chi connectivity index (χ3v) is 5.49. The van der Waals surface area contributed by atoms with Crippen LogP contribution >= 0.6 is 0 Å². The molecule has 0 aliphatic heterocycles. The molecule has 29 heavy (non-hydrogen) atoms. The third-order valence-electron chi connectivity index (χ3n) is 5.49. The van der Waals surface area contributed by atoms with E-state index < -0.39 is 0 Å². The number of allylic oxidation sites excluding steroid dienone is 8. The fourth-order valence-corrected chi connectivity index (χ4v) is 3.91. The van der Waals surface area contributed by atoms with Gasteiger partial charge in [0.15, 0.2) is 11.6 Å². The molecule has 0 spiro atoms. The van der Waals surface area contributed by atoms with Crippen LogP contribution in [0.3, 0.4) is 0 Å². The van der Waals surface area contributed by atoms with Gasteiger partial charge in [-0.25, -0.2) is 0 Å². The van der Waals surface area contributed by atoms with Crippen LogP contribution in [0.5, 0.6) is 0 Å². The van der Waals surface area contributed by atoms with Gasteiger partial charge in [0.2, 0.25) is 0 Å². The molecule has 0 radical (unpaired) electrons. The fourth-order valence-electron chi connectivity index (χ4n) is 3.91. The van der Waals surface area contributed by atoms with Crippen molar-refractivity contribution in [2.75, 3.05) is 0 Å². The van der Waals surface area contributed by atoms with Gasteiger partial charge in [0, 0.05) is 16.7 Å². The Morgan fingerprint density at radius 2 is 1.10 bits per heavy atom. The molecular formula is C27H24O2. The SMILES string of the molecule is CC1=C/C(=C/C=C2/C=C(C(C)(C)C)C(=O)c3ccccc32)c2ccccc2C1=O. The Kier molecular flexibility index (Phi) is 4.58. The molecule has 0 atom stereocenters. The van der Waals surface area contributed by atoms with Crippen molar-refractivity contribution in [1.82, 2.24) is 0 Å². The highest BCUT2D eigenvalue weighted by molar-refractivity contribution is 6.17. The highest BCUT2D eigenvalue weighted by Gasteiger charge is 2.30. The highest BCUT2D eigenvalue weighted by atomic mass is 16.1. The molecule has 0 bridgehead atoms. The Labute approximate surface area is 172 Å². The lowest BCUT2D eigenvalue weighted by Crippen LogP contribution is -2.22. The summed E-state index contributed by atoms with van der Waals surface area (Å²) in [6.45, 7) is 8.05. The molecule has 2 heteroatoms. The normalized spacial score (nSPS) is 19.0. The smallest absolute Gasteiger partial charge is 0.190 e. The van der Waals surface area contributed by atoms with Crippen LogP contribution in [-0.2, 0) is 0 Å². The second kappa shape index (κ2) is 6.97. The summed E-state index contributed by atoms with van der Waals surface area (Å²) in [4.78, 5) is 25.5. The van der Waals surface area contributed by atoms with Crippen LogP contribution in [0, 0.1) is 5.41 Å². The number of carbonyl (C=O) groups excluding carboxylic acids is 2. The van der Waals surface area contributed by atoms with Crippen LogP contribution in [0.4, 0.5) is 0 Å². The van der Waals surface area contributed by atoms with E-state index in [-0.39, 0.29) is 17.0 Å². The average Bonchev–Trinajstić information content (AvgIpc) is 2.70. The molecule has 2 aromatic rings. The lowest BCUT2D eigenvalue weighted by Gasteiger charge is -2.27. The molecule has 0 amide bonds. The van der Waals surface area contributed by atoms with Crippen LogP contribution in [0.25, 0.3) is 11.1 Å². The topological polar surface area (TPSA) is 34.1 Å². The van der Waals surface area contributed by atoms with Crippen molar-refractivity contribution in [3.8, 4) is 0 Å². The first-order valence-electron chi connectivity index (χ1n) is 9.88. The first kappa shape index (κ1) is 19.1. The number of hydrogen-bond acceptors (Lipinski definition) is 2. The van der Waals surface area contributed by atoms with E-state index in [9.17, 15) is 9.59 Å². The number of ketones is 2. The van der Waals surface area contributed by atoms with Crippen molar-refractivity contribution in [1.29, 1.82) is 0 Å². The summed E-state index contributed by atoms with van der Waals surface area (Å²) in [5, 5.41) is 0. The van der Waals surface area contributed by atoms with E-state index >= 15 is 0 Å². The summed E-state index contributed by atoms with van der Waals surface area (Å²) in [5.41, 5.74) is 6.70. The minimum absolute atomic E-state index is 0.0777. The fraction of sp³-hybridized carbons (Fsp3) is 0.185. The third kappa shape index (κ3) is 3.36. The Morgan fingerprint density at radius 1 is 0.655 bits per heavy atom. The van der Waals surface area contributed by atoms with Gasteiger partial charge in [-0.15, -0.1) is 0 Å². The molecule has 0 heterocycles. The van der Waals surface area contributed by atoms with Gasteiger partial charge in [-0.2, -0.15) is 0 Å². The molecule has 0 aromatic heterocycles. The lowest BCUT2D eigenvalue weighted by molar-refractivity contribution is 0.101. The van der Waals surface area contributed by atoms with Gasteiger partial charge in [0.1, 0.15) is 0 Å². The molecule has 0 saturated heterocycles. The van der Waals surface area contributed by atoms with Crippen molar-refractivity contribution in [2.45, 2.75) is 27.7 Å². The van der Waals surface area contributed by atoms with Crippen LogP contribution in [-0.4, -0.2) is 11.6 Å². The van der Waals surface area contributed by atoms with Crippen molar-refractivity contribution in [3.05, 3.63) is 106 Å². The van der Waals surface area contributed by atoms with E-state index in [2.05, 4.69) is 26.8 Å². The van der Waals surface area contributed by atoms with E-state index in [1.807, 2.05) is 73.7 Å². The van der Waals surface area contributed by atoms with E-state index in [1.54, 1.807) is 0 Å². The molecule has 2 aromatic carbocycles. The summed E-state index contributed by atoms with van der Waals surface area (Å²) < 4.78 is 0. The van der Waals surface area contributed by atoms with Gasteiger partial charge in [0.05, 0.1) is 0 Å². The molecule has 2 nitrogen and oxygen atoms in total. The molecular weight excluding hydrogens is 356 g/mol. The maximum absolute atomic E-state index is 13.0. The second-order valence-electron chi connectivity index (χ2n) is 8.63. The first-order chi connectivity index (χ1) is 13.8. The Morgan fingerprint density at radius 3 is 1.62 bits per heavy atom. The van der Waals surface area contributed by atoms with Gasteiger partial charge in [-0.3, -0.25) is 9.59 Å². The monoisotopic (exact) mass is 380 g/mol. The summed E-state index contributed by atoms with van der Waals surface area (Å²) in [6, 6.07) is 15.5. The maximum Gasteiger partial charge on any atom is 0.190 e. The van der Waals surface area contributed by atoms with Gasteiger partial charge in [-0.1, -0.05) is 81.5 Å². The Hall–Kier alpha value is -3.26. The molecule has 2 aliphatic carbocycles. The predicted molar refractivity (Wildman–Crippen MR) is 119 cm³/mol. The van der Waals surface area contributed by atoms with E-state index in [0.29, 0.717) is 0 Å². The van der Waals surface area contributed by atoms with Crippen LogP contribution < -0.4 is 0 Å². The van der Waals surface area contributed by atoms with Crippen LogP contribution in [0.2, 0.25) is 0 Å². The number of rotatable bonds is 1. The summed E-state index contributed by atoms with van der Waals surface area (Å²) in [7, 11) is 0. The van der Waals surface area contributed by atoms with Crippen molar-refractivity contribution in [3.63, 3.8) is 0 Å². The van der Waals surface area contributed by atoms with Gasteiger partial charge < -0.3 is 0 Å². The molecule has 0 unspecified atom stereocenters. The zero-order valence-electron chi connectivity index (χ0n) is 17.2. The molecule has 144 valence electrons. The molecule has 2 aliphatic rings. The summed E-state index contributed by atoms with van der Waals surface area (Å²) >= 11 is 0. The number of carbonyl (C=O) groups is 2. The van der Waals surface area contributed by atoms with E-state index in [1.165, 1.54) is 0 Å². The van der Waals surface area contributed by atoms with Crippen molar-refractivity contribution in [2.24, 2.45) is 5.41 Å². The molecule has 0 N–H and O–H groups in total. The van der Waals surface area contributed by atoms with Gasteiger partial charge in [0.25, 0.3) is 0 Å². The number of benzene rings is 2. The minimum atomic E-state index is -0.239. The average molecular weight is 380 g/mol. The second-order valence-corrected chi connectivity index (χ2v) is 8.63. The van der Waals surface area contributed by atoms with Gasteiger partial charge >= 0.3 is 0 Å². The molecule has 0 saturated carbocycles. The van der Waals surface area contributed by atoms with Gasteiger partial charge in [-0.05, 0) is 52.3 Å². The Balaban J connectivity index is 1.88. The van der Waals surface area contributed by atoms with E-state index in [0.717, 1.165) is 44.5 Å². The van der Waals surface area contributed by atoms with E-state index in [4.69, 9.17) is 0 Å². The van der Waals surface area contributed by atoms with Crippen molar-refractivity contribution >= 4 is 22.7 Å². The standard InChI is InChI=1S/C27H24O2/c1-17-15-18(20-9-5-7-11-22(20)25(17)28)13-14-19-16-24(27(2,3)4)26(29)23-12-8-6-10-21(19)23/h5-16H,1-4H3/b18-13-,19-14-. The Bertz CT molecular complexity index is 1160. The minimum Gasteiger partial charge on any atom is -0.289 e. The number of Topliss-reactive ketones (excluding diaryl/α,β-unsaturated/α-hetero) is 2. The summed E-state index contributed by atoms with van der Waals surface area (Å²) in [6.07, 6.45) is 8.06. The highest BCUT2D eigenvalue weighted by Crippen LogP contribution is 2.38. The predicted octanol–water partition coefficient (Wildman–Crippen LogP) is 6.47. The van der Waals surface area contributed by atoms with Crippen LogP contribution in [0.1, 0.15) is 59.5 Å². The quantitative estimate of drug-likeness (QED) is 0.568. The van der Waals surface area contributed by atoms with Crippen LogP contribution in [0.15, 0.2) is 84.0 Å². The number of hydrogen-bond donors (Lipinski definition) is 0. The summed E-state index contributed by atoms with van der Waals surface area (Å²) in [5.74, 6) is 0.177. The largest absolute Gasteiger partial charge is 0.289 e. The zero-order valence-corrected chi connectivity index (χ0v) is 17.2. The lowest BCUT2D eigenvalue weighted by atomic mass is 9.75. The maximum atomic E-state index is 13.0. The number of fused-ring (bicyclic) bond motifs is 2. The molecule has 0 fully saturated rings. The zero-order chi connectivity index (χ0) is 20.8. The van der Waals surface area contributed by atoms with Crippen molar-refractivity contribution < 1.29 is 9.59 Å². The molecule has 4 rings (SSSR count). The first-order valence-corrected chi connectivity index (χ1v) is 9.88.